The molecule has 2 aliphatic rings. The van der Waals surface area contributed by atoms with Gasteiger partial charge < -0.3 is 9.31 Å². The van der Waals surface area contributed by atoms with E-state index in [2.05, 4.69) is 0 Å². The molecule has 0 bridgehead atoms. The smallest absolute Gasteiger partial charge is 0.399 e. The van der Waals surface area contributed by atoms with Gasteiger partial charge in [0.25, 0.3) is 0 Å². The standard InChI is InChI=1S/C18H26BFO2/c1-16(2)17(3,4)22-19(21-16)15-10-8-14(9-11-15)18(20)12-6-5-7-13-18/h8-11H,5-7,12-13H2,1-4H3. The molecule has 1 saturated heterocycles. The normalized spacial score (nSPS) is 26.1. The van der Waals surface area contributed by atoms with E-state index in [1.165, 1.54) is 0 Å². The van der Waals surface area contributed by atoms with Crippen LogP contribution in [0.1, 0.15) is 65.4 Å². The Hall–Kier alpha value is -0.865. The number of hydrogen-bond acceptors (Lipinski definition) is 2. The lowest BCUT2D eigenvalue weighted by Gasteiger charge is -2.32. The van der Waals surface area contributed by atoms with E-state index in [-0.39, 0.29) is 18.3 Å². The summed E-state index contributed by atoms with van der Waals surface area (Å²) in [6.07, 6.45) is 4.40. The second kappa shape index (κ2) is 5.35. The molecule has 1 aromatic rings. The molecular weight excluding hydrogens is 278 g/mol. The Kier molecular flexibility index (Phi) is 3.89. The van der Waals surface area contributed by atoms with Crippen molar-refractivity contribution in [2.24, 2.45) is 0 Å². The van der Waals surface area contributed by atoms with Crippen molar-refractivity contribution in [2.75, 3.05) is 0 Å². The van der Waals surface area contributed by atoms with E-state index in [0.29, 0.717) is 12.8 Å². The molecule has 1 heterocycles. The number of alkyl halides is 1. The summed E-state index contributed by atoms with van der Waals surface area (Å²) in [7, 11) is -0.374. The molecule has 0 N–H and O–H groups in total. The molecule has 22 heavy (non-hydrogen) atoms. The van der Waals surface area contributed by atoms with Crippen LogP contribution < -0.4 is 5.46 Å². The van der Waals surface area contributed by atoms with Crippen molar-refractivity contribution < 1.29 is 13.7 Å². The highest BCUT2D eigenvalue weighted by Crippen LogP contribution is 2.41. The molecule has 1 aliphatic carbocycles. The fraction of sp³-hybridized carbons (Fsp3) is 0.667. The second-order valence-corrected chi connectivity index (χ2v) is 7.74. The van der Waals surface area contributed by atoms with Crippen LogP contribution in [0.5, 0.6) is 0 Å². The van der Waals surface area contributed by atoms with Crippen molar-refractivity contribution in [1.82, 2.24) is 0 Å². The van der Waals surface area contributed by atoms with Gasteiger partial charge >= 0.3 is 7.12 Å². The Morgan fingerprint density at radius 3 is 1.86 bits per heavy atom. The lowest BCUT2D eigenvalue weighted by Crippen LogP contribution is -2.41. The maximum absolute atomic E-state index is 15.0. The minimum atomic E-state index is -1.15. The van der Waals surface area contributed by atoms with Gasteiger partial charge in [-0.3, -0.25) is 0 Å². The van der Waals surface area contributed by atoms with Gasteiger partial charge in [-0.05, 0) is 64.4 Å². The first kappa shape index (κ1) is 16.0. The summed E-state index contributed by atoms with van der Waals surface area (Å²) in [5, 5.41) is 0. The van der Waals surface area contributed by atoms with Crippen LogP contribution in [0.15, 0.2) is 24.3 Å². The molecular formula is C18H26BFO2. The SMILES string of the molecule is CC1(C)OB(c2ccc(C3(F)CCCCC3)cc2)OC1(C)C. The highest BCUT2D eigenvalue weighted by Gasteiger charge is 2.51. The van der Waals surface area contributed by atoms with Crippen LogP contribution in [-0.4, -0.2) is 18.3 Å². The highest BCUT2D eigenvalue weighted by atomic mass is 19.1. The average Bonchev–Trinajstić information content (AvgIpc) is 2.68. The van der Waals surface area contributed by atoms with E-state index in [0.717, 1.165) is 30.3 Å². The lowest BCUT2D eigenvalue weighted by molar-refractivity contribution is 0.00578. The van der Waals surface area contributed by atoms with Gasteiger partial charge in [-0.15, -0.1) is 0 Å². The molecule has 0 spiro atoms. The monoisotopic (exact) mass is 304 g/mol. The summed E-state index contributed by atoms with van der Waals surface area (Å²) in [5.74, 6) is 0. The highest BCUT2D eigenvalue weighted by molar-refractivity contribution is 6.62. The molecule has 120 valence electrons. The van der Waals surface area contributed by atoms with Gasteiger partial charge in [0.1, 0.15) is 5.67 Å². The van der Waals surface area contributed by atoms with Crippen LogP contribution in [0, 0.1) is 0 Å². The van der Waals surface area contributed by atoms with Crippen LogP contribution in [-0.2, 0) is 15.0 Å². The van der Waals surface area contributed by atoms with Gasteiger partial charge in [0.2, 0.25) is 0 Å². The van der Waals surface area contributed by atoms with E-state index in [1.807, 2.05) is 52.0 Å². The molecule has 0 amide bonds. The predicted octanol–water partition coefficient (Wildman–Crippen LogP) is 4.11. The molecule has 2 nitrogen and oxygen atoms in total. The van der Waals surface area contributed by atoms with Crippen LogP contribution in [0.3, 0.4) is 0 Å². The van der Waals surface area contributed by atoms with Gasteiger partial charge in [-0.2, -0.15) is 0 Å². The zero-order valence-electron chi connectivity index (χ0n) is 14.1. The third kappa shape index (κ3) is 2.72. The Bertz CT molecular complexity index is 517. The van der Waals surface area contributed by atoms with Gasteiger partial charge in [0.15, 0.2) is 0 Å². The van der Waals surface area contributed by atoms with Crippen LogP contribution in [0.2, 0.25) is 0 Å². The molecule has 2 fully saturated rings. The number of rotatable bonds is 2. The van der Waals surface area contributed by atoms with Gasteiger partial charge in [0, 0.05) is 0 Å². The van der Waals surface area contributed by atoms with Crippen molar-refractivity contribution in [3.05, 3.63) is 29.8 Å². The van der Waals surface area contributed by atoms with E-state index in [9.17, 15) is 4.39 Å². The fourth-order valence-corrected chi connectivity index (χ4v) is 3.32. The molecule has 1 aromatic carbocycles. The number of hydrogen-bond donors (Lipinski definition) is 0. The number of halogens is 1. The van der Waals surface area contributed by atoms with Crippen molar-refractivity contribution >= 4 is 12.6 Å². The topological polar surface area (TPSA) is 18.5 Å². The average molecular weight is 304 g/mol. The van der Waals surface area contributed by atoms with E-state index in [1.54, 1.807) is 0 Å². The van der Waals surface area contributed by atoms with Gasteiger partial charge in [0.05, 0.1) is 11.2 Å². The summed E-state index contributed by atoms with van der Waals surface area (Å²) in [4.78, 5) is 0. The Morgan fingerprint density at radius 1 is 0.864 bits per heavy atom. The first-order chi connectivity index (χ1) is 10.2. The first-order valence-electron chi connectivity index (χ1n) is 8.39. The molecule has 1 saturated carbocycles. The van der Waals surface area contributed by atoms with E-state index < -0.39 is 5.67 Å². The number of benzene rings is 1. The zero-order chi connectivity index (χ0) is 16.0. The second-order valence-electron chi connectivity index (χ2n) is 7.74. The molecule has 0 radical (unpaired) electrons. The van der Waals surface area contributed by atoms with Crippen molar-refractivity contribution in [3.63, 3.8) is 0 Å². The summed E-state index contributed by atoms with van der Waals surface area (Å²) in [6, 6.07) is 7.72. The first-order valence-corrected chi connectivity index (χ1v) is 8.39. The predicted molar refractivity (Wildman–Crippen MR) is 88.0 cm³/mol. The van der Waals surface area contributed by atoms with Crippen LogP contribution in [0.4, 0.5) is 4.39 Å². The summed E-state index contributed by atoms with van der Waals surface area (Å²) < 4.78 is 27.1. The van der Waals surface area contributed by atoms with Crippen molar-refractivity contribution in [3.8, 4) is 0 Å². The maximum Gasteiger partial charge on any atom is 0.494 e. The fourth-order valence-electron chi connectivity index (χ4n) is 3.32. The van der Waals surface area contributed by atoms with Crippen molar-refractivity contribution in [2.45, 2.75) is 76.7 Å². The molecule has 0 aromatic heterocycles. The lowest BCUT2D eigenvalue weighted by atomic mass is 9.76. The quantitative estimate of drug-likeness (QED) is 0.765. The van der Waals surface area contributed by atoms with E-state index in [4.69, 9.17) is 9.31 Å². The Morgan fingerprint density at radius 2 is 1.36 bits per heavy atom. The van der Waals surface area contributed by atoms with Crippen LogP contribution in [0.25, 0.3) is 0 Å². The molecule has 1 aliphatic heterocycles. The summed E-state index contributed by atoms with van der Waals surface area (Å²) in [5.41, 5.74) is -0.0799. The third-order valence-corrected chi connectivity index (χ3v) is 5.60. The Balaban J connectivity index is 1.78. The molecule has 0 unspecified atom stereocenters. The zero-order valence-corrected chi connectivity index (χ0v) is 14.1. The van der Waals surface area contributed by atoms with Gasteiger partial charge in [-0.1, -0.05) is 30.7 Å². The summed E-state index contributed by atoms with van der Waals surface area (Å²) >= 11 is 0. The van der Waals surface area contributed by atoms with Crippen molar-refractivity contribution in [1.29, 1.82) is 0 Å². The minimum Gasteiger partial charge on any atom is -0.399 e. The maximum atomic E-state index is 15.0. The minimum absolute atomic E-state index is 0.346. The largest absolute Gasteiger partial charge is 0.494 e. The summed E-state index contributed by atoms with van der Waals surface area (Å²) in [6.45, 7) is 8.17. The Labute approximate surface area is 133 Å². The molecule has 3 rings (SSSR count). The van der Waals surface area contributed by atoms with E-state index >= 15 is 0 Å². The van der Waals surface area contributed by atoms with Gasteiger partial charge in [-0.25, -0.2) is 4.39 Å². The molecule has 4 heteroatoms. The van der Waals surface area contributed by atoms with Crippen LogP contribution >= 0.6 is 0 Å². The third-order valence-electron chi connectivity index (χ3n) is 5.60. The molecule has 0 atom stereocenters.